The number of benzene rings is 2. The molecule has 2 aromatic carbocycles. The number of aliphatic hydroxyl groups is 1. The van der Waals surface area contributed by atoms with Crippen molar-refractivity contribution in [3.63, 3.8) is 0 Å². The second-order valence-electron chi connectivity index (χ2n) is 5.79. The van der Waals surface area contributed by atoms with Crippen LogP contribution in [0.4, 0.5) is 22.0 Å². The highest BCUT2D eigenvalue weighted by Gasteiger charge is 2.40. The van der Waals surface area contributed by atoms with Gasteiger partial charge in [-0.25, -0.2) is 8.78 Å². The Balaban J connectivity index is 2.24. The monoisotopic (exact) mass is 407 g/mol. The minimum absolute atomic E-state index is 0.129. The SMILES string of the molecule is O=C(c1cccc(F)c1F)N(CCc1ccc(Cl)cc1)CC(O)C(F)(F)F. The Hall–Kier alpha value is -2.19. The summed E-state index contributed by atoms with van der Waals surface area (Å²) in [6, 6.07) is 9.20. The first kappa shape index (κ1) is 21.1. The van der Waals surface area contributed by atoms with Gasteiger partial charge in [-0.05, 0) is 36.2 Å². The third-order valence-electron chi connectivity index (χ3n) is 3.82. The van der Waals surface area contributed by atoms with Gasteiger partial charge in [0.05, 0.1) is 12.1 Å². The van der Waals surface area contributed by atoms with Crippen molar-refractivity contribution >= 4 is 17.5 Å². The summed E-state index contributed by atoms with van der Waals surface area (Å²) in [5.74, 6) is -3.90. The molecule has 0 fully saturated rings. The molecule has 0 bridgehead atoms. The Labute approximate surface area is 157 Å². The van der Waals surface area contributed by atoms with E-state index in [1.54, 1.807) is 24.3 Å². The molecule has 27 heavy (non-hydrogen) atoms. The molecule has 146 valence electrons. The number of hydrogen-bond acceptors (Lipinski definition) is 2. The zero-order valence-corrected chi connectivity index (χ0v) is 14.6. The van der Waals surface area contributed by atoms with Gasteiger partial charge in [-0.15, -0.1) is 0 Å². The highest BCUT2D eigenvalue weighted by atomic mass is 35.5. The predicted octanol–water partition coefficient (Wildman–Crippen LogP) is 4.23. The van der Waals surface area contributed by atoms with E-state index in [1.165, 1.54) is 0 Å². The molecule has 9 heteroatoms. The molecule has 0 saturated carbocycles. The first-order chi connectivity index (χ1) is 12.6. The predicted molar refractivity (Wildman–Crippen MR) is 89.5 cm³/mol. The van der Waals surface area contributed by atoms with Crippen LogP contribution in [0, 0.1) is 11.6 Å². The number of aliphatic hydroxyl groups excluding tert-OH is 1. The Morgan fingerprint density at radius 3 is 2.33 bits per heavy atom. The molecule has 1 atom stereocenters. The number of hydrogen-bond donors (Lipinski definition) is 1. The Morgan fingerprint density at radius 2 is 1.74 bits per heavy atom. The summed E-state index contributed by atoms with van der Waals surface area (Å²) in [6.45, 7) is -1.35. The van der Waals surface area contributed by atoms with Crippen molar-refractivity contribution in [2.45, 2.75) is 18.7 Å². The maximum atomic E-state index is 13.9. The third-order valence-corrected chi connectivity index (χ3v) is 4.08. The molecule has 2 rings (SSSR count). The van der Waals surface area contributed by atoms with Crippen molar-refractivity contribution in [2.24, 2.45) is 0 Å². The van der Waals surface area contributed by atoms with E-state index in [2.05, 4.69) is 0 Å². The second kappa shape index (κ2) is 8.67. The summed E-state index contributed by atoms with van der Waals surface area (Å²) < 4.78 is 65.3. The van der Waals surface area contributed by atoms with Crippen molar-refractivity contribution < 1.29 is 31.9 Å². The second-order valence-corrected chi connectivity index (χ2v) is 6.22. The Kier molecular flexibility index (Phi) is 6.78. The summed E-state index contributed by atoms with van der Waals surface area (Å²) in [5, 5.41) is 9.76. The Bertz CT molecular complexity index is 795. The first-order valence-electron chi connectivity index (χ1n) is 7.82. The zero-order valence-electron chi connectivity index (χ0n) is 13.8. The van der Waals surface area contributed by atoms with Gasteiger partial charge >= 0.3 is 6.18 Å². The number of alkyl halides is 3. The van der Waals surface area contributed by atoms with Crippen LogP contribution in [0.15, 0.2) is 42.5 Å². The number of halogens is 6. The summed E-state index contributed by atoms with van der Waals surface area (Å²) >= 11 is 5.76. The number of carbonyl (C=O) groups is 1. The molecule has 0 radical (unpaired) electrons. The fourth-order valence-corrected chi connectivity index (χ4v) is 2.47. The minimum Gasteiger partial charge on any atom is -0.382 e. The topological polar surface area (TPSA) is 40.5 Å². The first-order valence-corrected chi connectivity index (χ1v) is 8.20. The van der Waals surface area contributed by atoms with Crippen molar-refractivity contribution in [1.29, 1.82) is 0 Å². The van der Waals surface area contributed by atoms with Crippen LogP contribution in [0.1, 0.15) is 15.9 Å². The van der Waals surface area contributed by atoms with Crippen LogP contribution in [0.2, 0.25) is 5.02 Å². The van der Waals surface area contributed by atoms with Gasteiger partial charge in [-0.2, -0.15) is 13.2 Å². The molecule has 3 nitrogen and oxygen atoms in total. The normalized spacial score (nSPS) is 12.7. The van der Waals surface area contributed by atoms with Gasteiger partial charge in [0.1, 0.15) is 0 Å². The van der Waals surface area contributed by atoms with E-state index >= 15 is 0 Å². The largest absolute Gasteiger partial charge is 0.416 e. The van der Waals surface area contributed by atoms with Crippen LogP contribution in [0.3, 0.4) is 0 Å². The quantitative estimate of drug-likeness (QED) is 0.728. The van der Waals surface area contributed by atoms with Crippen LogP contribution in [-0.2, 0) is 6.42 Å². The molecule has 1 N–H and O–H groups in total. The smallest absolute Gasteiger partial charge is 0.382 e. The molecule has 0 aliphatic carbocycles. The standard InChI is InChI=1S/C18H15ClF5NO2/c19-12-6-4-11(5-7-12)8-9-25(10-15(26)18(22,23)24)17(27)13-2-1-3-14(20)16(13)21/h1-7,15,26H,8-10H2. The van der Waals surface area contributed by atoms with Crippen molar-refractivity contribution in [1.82, 2.24) is 4.90 Å². The third kappa shape index (κ3) is 5.64. The lowest BCUT2D eigenvalue weighted by atomic mass is 10.1. The van der Waals surface area contributed by atoms with Crippen LogP contribution in [0.5, 0.6) is 0 Å². The molecular weight excluding hydrogens is 393 g/mol. The summed E-state index contributed by atoms with van der Waals surface area (Å²) in [6.07, 6.45) is -7.65. The maximum Gasteiger partial charge on any atom is 0.416 e. The molecule has 0 aliphatic heterocycles. The maximum absolute atomic E-state index is 13.9. The van der Waals surface area contributed by atoms with Crippen molar-refractivity contribution in [3.8, 4) is 0 Å². The lowest BCUT2D eigenvalue weighted by molar-refractivity contribution is -0.206. The van der Waals surface area contributed by atoms with Gasteiger partial charge in [0.25, 0.3) is 5.91 Å². The van der Waals surface area contributed by atoms with Crippen LogP contribution in [-0.4, -0.2) is 41.3 Å². The molecule has 0 spiro atoms. The number of carbonyl (C=O) groups excluding carboxylic acids is 1. The van der Waals surface area contributed by atoms with Crippen LogP contribution >= 0.6 is 11.6 Å². The molecular formula is C18H15ClF5NO2. The summed E-state index contributed by atoms with van der Waals surface area (Å²) in [7, 11) is 0. The minimum atomic E-state index is -4.96. The fourth-order valence-electron chi connectivity index (χ4n) is 2.34. The van der Waals surface area contributed by atoms with Gasteiger partial charge in [0, 0.05) is 11.6 Å². The van der Waals surface area contributed by atoms with Gasteiger partial charge in [-0.3, -0.25) is 4.79 Å². The van der Waals surface area contributed by atoms with Gasteiger partial charge in [-0.1, -0.05) is 29.8 Å². The average molecular weight is 408 g/mol. The molecule has 2 aromatic rings. The summed E-state index contributed by atoms with van der Waals surface area (Å²) in [5.41, 5.74) is -0.0427. The van der Waals surface area contributed by atoms with Crippen molar-refractivity contribution in [2.75, 3.05) is 13.1 Å². The van der Waals surface area contributed by atoms with Gasteiger partial charge in [0.15, 0.2) is 17.7 Å². The van der Waals surface area contributed by atoms with E-state index in [1.807, 2.05) is 0 Å². The number of amides is 1. The molecule has 0 aliphatic rings. The zero-order chi connectivity index (χ0) is 20.2. The van der Waals surface area contributed by atoms with E-state index < -0.39 is 41.9 Å². The molecule has 0 saturated heterocycles. The van der Waals surface area contributed by atoms with Gasteiger partial charge < -0.3 is 10.0 Å². The molecule has 1 amide bonds. The Morgan fingerprint density at radius 1 is 1.11 bits per heavy atom. The highest BCUT2D eigenvalue weighted by molar-refractivity contribution is 6.30. The van der Waals surface area contributed by atoms with Crippen LogP contribution < -0.4 is 0 Å². The molecule has 0 heterocycles. The lowest BCUT2D eigenvalue weighted by Crippen LogP contribution is -2.44. The lowest BCUT2D eigenvalue weighted by Gasteiger charge is -2.26. The number of nitrogens with zero attached hydrogens (tertiary/aromatic N) is 1. The fraction of sp³-hybridized carbons (Fsp3) is 0.278. The van der Waals surface area contributed by atoms with E-state index in [9.17, 15) is 31.9 Å². The summed E-state index contributed by atoms with van der Waals surface area (Å²) in [4.78, 5) is 13.1. The number of rotatable bonds is 6. The highest BCUT2D eigenvalue weighted by Crippen LogP contribution is 2.22. The van der Waals surface area contributed by atoms with Gasteiger partial charge in [0.2, 0.25) is 0 Å². The van der Waals surface area contributed by atoms with E-state index in [-0.39, 0.29) is 13.0 Å². The van der Waals surface area contributed by atoms with E-state index in [4.69, 9.17) is 11.6 Å². The van der Waals surface area contributed by atoms with E-state index in [0.717, 1.165) is 18.2 Å². The average Bonchev–Trinajstić information content (AvgIpc) is 2.60. The molecule has 0 aromatic heterocycles. The molecule has 1 unspecified atom stereocenters. The van der Waals surface area contributed by atoms with E-state index in [0.29, 0.717) is 15.5 Å². The van der Waals surface area contributed by atoms with Crippen LogP contribution in [0.25, 0.3) is 0 Å². The van der Waals surface area contributed by atoms with Crippen molar-refractivity contribution in [3.05, 3.63) is 70.2 Å².